The lowest BCUT2D eigenvalue weighted by atomic mass is 10.1. The number of pyridine rings is 3. The average molecular weight is 377 g/mol. The predicted molar refractivity (Wildman–Crippen MR) is 98.9 cm³/mol. The molecular formula is C20H16FN5O2. The number of hydrogen-bond donors (Lipinski definition) is 0. The summed E-state index contributed by atoms with van der Waals surface area (Å²) in [7, 11) is 0. The van der Waals surface area contributed by atoms with Crippen LogP contribution >= 0.6 is 0 Å². The molecule has 0 unspecified atom stereocenters. The van der Waals surface area contributed by atoms with E-state index in [1.54, 1.807) is 16.7 Å². The molecule has 0 atom stereocenters. The Morgan fingerprint density at radius 2 is 2.04 bits per heavy atom. The summed E-state index contributed by atoms with van der Waals surface area (Å²) in [6.45, 7) is 2.01. The number of rotatable bonds is 6. The SMILES string of the molecule is CCc1cccc(CC(=O)c2cc(Oc3cncc(F)c3)cn3cnnc23)n1. The highest BCUT2D eigenvalue weighted by Crippen LogP contribution is 2.24. The van der Waals surface area contributed by atoms with Gasteiger partial charge in [0.1, 0.15) is 23.6 Å². The lowest BCUT2D eigenvalue weighted by Crippen LogP contribution is -2.08. The average Bonchev–Trinajstić information content (AvgIpc) is 3.16. The Balaban J connectivity index is 1.67. The first kappa shape index (κ1) is 17.7. The molecule has 0 aliphatic carbocycles. The van der Waals surface area contributed by atoms with Crippen LogP contribution in [0.25, 0.3) is 5.65 Å². The van der Waals surface area contributed by atoms with Gasteiger partial charge in [0.15, 0.2) is 11.4 Å². The third-order valence-corrected chi connectivity index (χ3v) is 4.15. The molecule has 0 aromatic carbocycles. The minimum atomic E-state index is -0.513. The van der Waals surface area contributed by atoms with E-state index >= 15 is 0 Å². The Hall–Kier alpha value is -3.68. The molecule has 0 radical (unpaired) electrons. The minimum Gasteiger partial charge on any atom is -0.454 e. The molecule has 4 aromatic rings. The van der Waals surface area contributed by atoms with Gasteiger partial charge < -0.3 is 4.74 Å². The van der Waals surface area contributed by atoms with Crippen LogP contribution in [-0.2, 0) is 12.8 Å². The van der Waals surface area contributed by atoms with Crippen molar-refractivity contribution in [3.05, 3.63) is 78.0 Å². The second-order valence-electron chi connectivity index (χ2n) is 6.17. The number of halogens is 1. The van der Waals surface area contributed by atoms with Crippen LogP contribution in [0.15, 0.2) is 55.2 Å². The zero-order valence-corrected chi connectivity index (χ0v) is 15.0. The lowest BCUT2D eigenvalue weighted by molar-refractivity contribution is 0.0992. The van der Waals surface area contributed by atoms with Gasteiger partial charge in [0.05, 0.1) is 30.6 Å². The fourth-order valence-corrected chi connectivity index (χ4v) is 2.84. The summed E-state index contributed by atoms with van der Waals surface area (Å²) in [6.07, 6.45) is 6.48. The van der Waals surface area contributed by atoms with Crippen molar-refractivity contribution in [2.24, 2.45) is 0 Å². The van der Waals surface area contributed by atoms with Crippen molar-refractivity contribution in [2.45, 2.75) is 19.8 Å². The molecule has 4 heterocycles. The first-order chi connectivity index (χ1) is 13.6. The van der Waals surface area contributed by atoms with Gasteiger partial charge in [-0.1, -0.05) is 13.0 Å². The van der Waals surface area contributed by atoms with Crippen molar-refractivity contribution < 1.29 is 13.9 Å². The predicted octanol–water partition coefficient (Wildman–Crippen LogP) is 3.44. The van der Waals surface area contributed by atoms with Crippen LogP contribution in [0.3, 0.4) is 0 Å². The zero-order chi connectivity index (χ0) is 19.5. The maximum Gasteiger partial charge on any atom is 0.172 e. The normalized spacial score (nSPS) is 10.9. The maximum absolute atomic E-state index is 13.4. The molecule has 0 N–H and O–H groups in total. The van der Waals surface area contributed by atoms with Gasteiger partial charge in [-0.25, -0.2) is 4.39 Å². The Morgan fingerprint density at radius 3 is 2.86 bits per heavy atom. The quantitative estimate of drug-likeness (QED) is 0.479. The van der Waals surface area contributed by atoms with Crippen LogP contribution in [0.4, 0.5) is 4.39 Å². The Morgan fingerprint density at radius 1 is 1.18 bits per heavy atom. The second-order valence-corrected chi connectivity index (χ2v) is 6.17. The molecule has 0 spiro atoms. The summed E-state index contributed by atoms with van der Waals surface area (Å²) < 4.78 is 20.6. The lowest BCUT2D eigenvalue weighted by Gasteiger charge is -2.09. The van der Waals surface area contributed by atoms with Crippen LogP contribution in [-0.4, -0.2) is 30.3 Å². The molecule has 0 aliphatic rings. The van der Waals surface area contributed by atoms with E-state index in [1.165, 1.54) is 18.6 Å². The van der Waals surface area contributed by atoms with E-state index in [2.05, 4.69) is 20.2 Å². The molecule has 140 valence electrons. The Labute approximate surface area is 159 Å². The molecule has 0 bridgehead atoms. The van der Waals surface area contributed by atoms with E-state index in [0.717, 1.165) is 18.3 Å². The molecule has 7 nitrogen and oxygen atoms in total. The third-order valence-electron chi connectivity index (χ3n) is 4.15. The summed E-state index contributed by atoms with van der Waals surface area (Å²) in [4.78, 5) is 21.2. The minimum absolute atomic E-state index is 0.126. The standard InChI is InChI=1S/C20H16FN5O2/c1-2-14-4-3-5-15(24-14)7-19(27)18-8-17(11-26-12-23-25-20(18)26)28-16-6-13(21)9-22-10-16/h3-6,8-12H,2,7H2,1H3. The van der Waals surface area contributed by atoms with Crippen molar-refractivity contribution in [3.8, 4) is 11.5 Å². The van der Waals surface area contributed by atoms with Gasteiger partial charge in [0, 0.05) is 17.5 Å². The number of Topliss-reactive ketones (excluding diaryl/α,β-unsaturated/α-hetero) is 1. The van der Waals surface area contributed by atoms with Crippen LogP contribution in [0.5, 0.6) is 11.5 Å². The van der Waals surface area contributed by atoms with Crippen molar-refractivity contribution in [2.75, 3.05) is 0 Å². The Bertz CT molecular complexity index is 1160. The number of nitrogens with zero attached hydrogens (tertiary/aromatic N) is 5. The van der Waals surface area contributed by atoms with Crippen molar-refractivity contribution >= 4 is 11.4 Å². The van der Waals surface area contributed by atoms with Crippen molar-refractivity contribution in [1.29, 1.82) is 0 Å². The maximum atomic E-state index is 13.4. The zero-order valence-electron chi connectivity index (χ0n) is 15.0. The largest absolute Gasteiger partial charge is 0.454 e. The molecule has 4 aromatic heterocycles. The number of carbonyl (C=O) groups is 1. The van der Waals surface area contributed by atoms with E-state index in [4.69, 9.17) is 4.74 Å². The number of ether oxygens (including phenoxy) is 1. The molecule has 28 heavy (non-hydrogen) atoms. The van der Waals surface area contributed by atoms with Crippen LogP contribution in [0.1, 0.15) is 28.7 Å². The fraction of sp³-hybridized carbons (Fsp3) is 0.150. The van der Waals surface area contributed by atoms with E-state index in [9.17, 15) is 9.18 Å². The second kappa shape index (κ2) is 7.51. The first-order valence-electron chi connectivity index (χ1n) is 8.72. The number of fused-ring (bicyclic) bond motifs is 1. The summed E-state index contributed by atoms with van der Waals surface area (Å²) in [6, 6.07) is 8.41. The van der Waals surface area contributed by atoms with Gasteiger partial charge in [-0.15, -0.1) is 10.2 Å². The van der Waals surface area contributed by atoms with E-state index in [0.29, 0.717) is 22.7 Å². The molecule has 0 saturated carbocycles. The molecule has 4 rings (SSSR count). The summed E-state index contributed by atoms with van der Waals surface area (Å²) >= 11 is 0. The summed E-state index contributed by atoms with van der Waals surface area (Å²) in [5, 5.41) is 7.88. The van der Waals surface area contributed by atoms with Crippen molar-refractivity contribution in [1.82, 2.24) is 24.6 Å². The molecule has 0 aliphatic heterocycles. The number of aryl methyl sites for hydroxylation is 1. The number of carbonyl (C=O) groups excluding carboxylic acids is 1. The summed E-state index contributed by atoms with van der Waals surface area (Å²) in [5.74, 6) is -0.107. The highest BCUT2D eigenvalue weighted by atomic mass is 19.1. The van der Waals surface area contributed by atoms with E-state index in [-0.39, 0.29) is 18.0 Å². The highest BCUT2D eigenvalue weighted by molar-refractivity contribution is 6.02. The van der Waals surface area contributed by atoms with Gasteiger partial charge in [-0.3, -0.25) is 19.2 Å². The smallest absolute Gasteiger partial charge is 0.172 e. The van der Waals surface area contributed by atoms with Gasteiger partial charge in [-0.2, -0.15) is 0 Å². The molecule has 0 fully saturated rings. The summed E-state index contributed by atoms with van der Waals surface area (Å²) in [5.41, 5.74) is 2.38. The third kappa shape index (κ3) is 3.71. The van der Waals surface area contributed by atoms with E-state index in [1.807, 2.05) is 25.1 Å². The fourth-order valence-electron chi connectivity index (χ4n) is 2.84. The Kier molecular flexibility index (Phi) is 4.76. The molecule has 0 saturated heterocycles. The van der Waals surface area contributed by atoms with Gasteiger partial charge >= 0.3 is 0 Å². The molecule has 8 heteroatoms. The monoisotopic (exact) mass is 377 g/mol. The van der Waals surface area contributed by atoms with E-state index < -0.39 is 5.82 Å². The molecule has 0 amide bonds. The van der Waals surface area contributed by atoms with Crippen LogP contribution < -0.4 is 4.74 Å². The number of aromatic nitrogens is 5. The number of hydrogen-bond acceptors (Lipinski definition) is 6. The van der Waals surface area contributed by atoms with Crippen molar-refractivity contribution in [3.63, 3.8) is 0 Å². The molecular weight excluding hydrogens is 361 g/mol. The van der Waals surface area contributed by atoms with Crippen LogP contribution in [0, 0.1) is 5.82 Å². The topological polar surface area (TPSA) is 82.3 Å². The van der Waals surface area contributed by atoms with Gasteiger partial charge in [0.25, 0.3) is 0 Å². The van der Waals surface area contributed by atoms with Gasteiger partial charge in [-0.05, 0) is 24.6 Å². The van der Waals surface area contributed by atoms with Gasteiger partial charge in [0.2, 0.25) is 0 Å². The first-order valence-corrected chi connectivity index (χ1v) is 8.72. The van der Waals surface area contributed by atoms with Crippen LogP contribution in [0.2, 0.25) is 0 Å². The number of ketones is 1. The highest BCUT2D eigenvalue weighted by Gasteiger charge is 2.16.